The number of nitrogens with one attached hydrogen (secondary N) is 3. The number of aromatic nitrogens is 4. The second-order valence-electron chi connectivity index (χ2n) is 5.43. The van der Waals surface area contributed by atoms with Crippen LogP contribution in [0.3, 0.4) is 0 Å². The minimum Gasteiger partial charge on any atom is -0.396 e. The lowest BCUT2D eigenvalue weighted by molar-refractivity contribution is 0.267. The Morgan fingerprint density at radius 3 is 2.81 bits per heavy atom. The first-order valence-electron chi connectivity index (χ1n) is 7.48. The number of aliphatic hydroxyl groups excluding tert-OH is 1. The number of H-pyrrole nitrogens is 1. The molecule has 0 radical (unpaired) electrons. The predicted molar refractivity (Wildman–Crippen MR) is 84.4 cm³/mol. The van der Waals surface area contributed by atoms with Gasteiger partial charge in [0.2, 0.25) is 5.95 Å². The molecule has 0 bridgehead atoms. The van der Waals surface area contributed by atoms with Gasteiger partial charge in [-0.1, -0.05) is 20.8 Å². The number of imidazole rings is 1. The summed E-state index contributed by atoms with van der Waals surface area (Å²) in [4.78, 5) is 16.2. The van der Waals surface area contributed by atoms with Gasteiger partial charge < -0.3 is 20.7 Å². The number of nitrogens with zero attached hydrogens (tertiary/aromatic N) is 3. The van der Waals surface area contributed by atoms with E-state index in [0.717, 1.165) is 24.3 Å². The maximum Gasteiger partial charge on any atom is 0.226 e. The van der Waals surface area contributed by atoms with Gasteiger partial charge >= 0.3 is 0 Å². The number of rotatable bonds is 8. The number of aromatic amines is 1. The van der Waals surface area contributed by atoms with Gasteiger partial charge in [0.15, 0.2) is 11.5 Å². The number of anilines is 2. The van der Waals surface area contributed by atoms with Crippen LogP contribution in [0, 0.1) is 5.92 Å². The molecular weight excluding hydrogens is 268 g/mol. The summed E-state index contributed by atoms with van der Waals surface area (Å²) in [6.07, 6.45) is 3.30. The van der Waals surface area contributed by atoms with Crippen LogP contribution in [-0.2, 0) is 0 Å². The first-order chi connectivity index (χ1) is 10.2. The summed E-state index contributed by atoms with van der Waals surface area (Å²) < 4.78 is 0. The fourth-order valence-corrected chi connectivity index (χ4v) is 2.14. The van der Waals surface area contributed by atoms with Gasteiger partial charge in [0.05, 0.1) is 6.33 Å². The molecule has 0 aromatic carbocycles. The molecule has 0 fully saturated rings. The van der Waals surface area contributed by atoms with E-state index >= 15 is 0 Å². The van der Waals surface area contributed by atoms with Crippen molar-refractivity contribution in [3.8, 4) is 0 Å². The monoisotopic (exact) mass is 292 g/mol. The molecule has 0 amide bonds. The molecule has 2 aromatic heterocycles. The Morgan fingerprint density at radius 1 is 1.33 bits per heavy atom. The molecule has 0 spiro atoms. The lowest BCUT2D eigenvalue weighted by Crippen LogP contribution is -2.27. The van der Waals surface area contributed by atoms with Crippen LogP contribution in [-0.4, -0.2) is 44.2 Å². The van der Waals surface area contributed by atoms with Crippen molar-refractivity contribution in [3.63, 3.8) is 0 Å². The van der Waals surface area contributed by atoms with Gasteiger partial charge in [-0.3, -0.25) is 0 Å². The van der Waals surface area contributed by atoms with Crippen molar-refractivity contribution in [1.82, 2.24) is 19.9 Å². The predicted octanol–water partition coefficient (Wildman–Crippen LogP) is 1.99. The average molecular weight is 292 g/mol. The summed E-state index contributed by atoms with van der Waals surface area (Å²) >= 11 is 0. The van der Waals surface area contributed by atoms with Crippen LogP contribution in [0.4, 0.5) is 11.8 Å². The van der Waals surface area contributed by atoms with Crippen molar-refractivity contribution in [1.29, 1.82) is 0 Å². The Kier molecular flexibility index (Phi) is 5.32. The van der Waals surface area contributed by atoms with E-state index in [1.807, 2.05) is 0 Å². The van der Waals surface area contributed by atoms with Crippen LogP contribution < -0.4 is 10.6 Å². The quantitative estimate of drug-likeness (QED) is 0.594. The first-order valence-corrected chi connectivity index (χ1v) is 7.48. The van der Waals surface area contributed by atoms with E-state index in [9.17, 15) is 5.11 Å². The summed E-state index contributed by atoms with van der Waals surface area (Å²) in [7, 11) is 0. The maximum atomic E-state index is 9.20. The highest BCUT2D eigenvalue weighted by atomic mass is 16.3. The third-order valence-corrected chi connectivity index (χ3v) is 3.39. The molecule has 4 N–H and O–H groups in total. The Labute approximate surface area is 124 Å². The Morgan fingerprint density at radius 2 is 2.14 bits per heavy atom. The summed E-state index contributed by atoms with van der Waals surface area (Å²) in [5.74, 6) is 1.69. The number of aliphatic hydroxyl groups is 1. The third-order valence-electron chi connectivity index (χ3n) is 3.39. The molecule has 2 aromatic rings. The number of fused-ring (bicyclic) bond motifs is 1. The van der Waals surface area contributed by atoms with Gasteiger partial charge in [-0.25, -0.2) is 4.98 Å². The van der Waals surface area contributed by atoms with Gasteiger partial charge in [0.1, 0.15) is 5.52 Å². The molecule has 7 nitrogen and oxygen atoms in total. The molecule has 21 heavy (non-hydrogen) atoms. The minimum absolute atomic E-state index is 0.147. The largest absolute Gasteiger partial charge is 0.396 e. The Hall–Kier alpha value is -1.89. The van der Waals surface area contributed by atoms with E-state index < -0.39 is 0 Å². The maximum absolute atomic E-state index is 9.20. The molecule has 0 saturated heterocycles. The minimum atomic E-state index is 0.147. The molecule has 1 unspecified atom stereocenters. The van der Waals surface area contributed by atoms with Crippen molar-refractivity contribution >= 4 is 22.9 Å². The molecule has 116 valence electrons. The van der Waals surface area contributed by atoms with Gasteiger partial charge in [-0.2, -0.15) is 9.97 Å². The number of hydrogen-bond acceptors (Lipinski definition) is 6. The van der Waals surface area contributed by atoms with Crippen molar-refractivity contribution in [2.24, 2.45) is 5.92 Å². The molecule has 1 atom stereocenters. The summed E-state index contributed by atoms with van der Waals surface area (Å²) in [5, 5.41) is 15.8. The zero-order valence-electron chi connectivity index (χ0n) is 12.8. The van der Waals surface area contributed by atoms with E-state index in [4.69, 9.17) is 0 Å². The van der Waals surface area contributed by atoms with Gasteiger partial charge in [0.25, 0.3) is 0 Å². The molecular formula is C14H24N6O. The Balaban J connectivity index is 2.29. The first kappa shape index (κ1) is 15.5. The smallest absolute Gasteiger partial charge is 0.226 e. The van der Waals surface area contributed by atoms with Crippen molar-refractivity contribution in [2.75, 3.05) is 23.8 Å². The van der Waals surface area contributed by atoms with E-state index in [0.29, 0.717) is 23.9 Å². The summed E-state index contributed by atoms with van der Waals surface area (Å²) in [6.45, 7) is 7.30. The highest BCUT2D eigenvalue weighted by molar-refractivity contribution is 5.83. The normalized spacial score (nSPS) is 12.8. The van der Waals surface area contributed by atoms with Crippen LogP contribution in [0.2, 0.25) is 0 Å². The molecule has 0 saturated carbocycles. The van der Waals surface area contributed by atoms with Crippen LogP contribution >= 0.6 is 0 Å². The molecule has 0 aliphatic heterocycles. The molecule has 7 heteroatoms. The lowest BCUT2D eigenvalue weighted by Gasteiger charge is -2.22. The molecule has 2 rings (SSSR count). The average Bonchev–Trinajstić information content (AvgIpc) is 2.93. The van der Waals surface area contributed by atoms with Crippen molar-refractivity contribution in [2.45, 2.75) is 39.7 Å². The van der Waals surface area contributed by atoms with E-state index in [1.54, 1.807) is 6.33 Å². The summed E-state index contributed by atoms with van der Waals surface area (Å²) in [5.41, 5.74) is 1.43. The third kappa shape index (κ3) is 3.81. The van der Waals surface area contributed by atoms with Crippen molar-refractivity contribution in [3.05, 3.63) is 6.33 Å². The zero-order valence-corrected chi connectivity index (χ0v) is 12.8. The van der Waals surface area contributed by atoms with Crippen LogP contribution in [0.25, 0.3) is 11.2 Å². The van der Waals surface area contributed by atoms with E-state index in [1.165, 1.54) is 0 Å². The molecule has 0 aliphatic rings. The second-order valence-corrected chi connectivity index (χ2v) is 5.43. The lowest BCUT2D eigenvalue weighted by atomic mass is 10.0. The summed E-state index contributed by atoms with van der Waals surface area (Å²) in [6, 6.07) is 0.149. The van der Waals surface area contributed by atoms with Gasteiger partial charge in [0, 0.05) is 19.2 Å². The van der Waals surface area contributed by atoms with E-state index in [2.05, 4.69) is 51.3 Å². The van der Waals surface area contributed by atoms with E-state index in [-0.39, 0.29) is 12.6 Å². The topological polar surface area (TPSA) is 98.8 Å². The molecule has 2 heterocycles. The van der Waals surface area contributed by atoms with Crippen LogP contribution in [0.5, 0.6) is 0 Å². The van der Waals surface area contributed by atoms with Crippen molar-refractivity contribution < 1.29 is 5.11 Å². The second kappa shape index (κ2) is 7.21. The van der Waals surface area contributed by atoms with Gasteiger partial charge in [-0.15, -0.1) is 0 Å². The number of hydrogen-bond donors (Lipinski definition) is 4. The van der Waals surface area contributed by atoms with Gasteiger partial charge in [-0.05, 0) is 18.8 Å². The van der Waals surface area contributed by atoms with Crippen LogP contribution in [0.15, 0.2) is 6.33 Å². The van der Waals surface area contributed by atoms with Crippen LogP contribution in [0.1, 0.15) is 33.6 Å². The molecule has 0 aliphatic carbocycles. The standard InChI is InChI=1S/C14H24N6O/c1-4-6-15-14-19-12-11(16-8-17-12)13(20-14)18-10(5-7-21)9(2)3/h8-10,21H,4-7H2,1-3H3,(H3,15,16,17,18,19,20). The Bertz CT molecular complexity index is 568. The fraction of sp³-hybridized carbons (Fsp3) is 0.643. The highest BCUT2D eigenvalue weighted by Crippen LogP contribution is 2.21. The zero-order chi connectivity index (χ0) is 15.2. The fourth-order valence-electron chi connectivity index (χ4n) is 2.14. The highest BCUT2D eigenvalue weighted by Gasteiger charge is 2.17. The SMILES string of the molecule is CCCNc1nc(NC(CCO)C(C)C)c2[nH]cnc2n1.